The van der Waals surface area contributed by atoms with Crippen LogP contribution in [0.5, 0.6) is 23.0 Å². The molecule has 7 rings (SSSR count). The summed E-state index contributed by atoms with van der Waals surface area (Å²) in [5.74, 6) is 2.44. The Kier molecular flexibility index (Phi) is 4.72. The van der Waals surface area contributed by atoms with Gasteiger partial charge in [0.2, 0.25) is 12.6 Å². The molecule has 8 heteroatoms. The molecule has 0 saturated carbocycles. The zero-order valence-corrected chi connectivity index (χ0v) is 19.5. The molecular formula is C28H24N2O6. The molecule has 1 fully saturated rings. The number of carbonyl (C=O) groups excluding carboxylic acids is 1. The number of phenols is 1. The number of piperidine rings is 1. The lowest BCUT2D eigenvalue weighted by Crippen LogP contribution is -2.46. The minimum atomic E-state index is -0.215. The molecule has 36 heavy (non-hydrogen) atoms. The maximum absolute atomic E-state index is 13.1. The summed E-state index contributed by atoms with van der Waals surface area (Å²) in [4.78, 5) is 27.8. The van der Waals surface area contributed by atoms with Crippen molar-refractivity contribution in [1.82, 2.24) is 9.47 Å². The first kappa shape index (κ1) is 21.3. The number of hydrogen-bond donors (Lipinski definition) is 1. The zero-order valence-electron chi connectivity index (χ0n) is 19.5. The van der Waals surface area contributed by atoms with E-state index in [1.807, 2.05) is 28.8 Å². The fraction of sp³-hybridized carbons (Fsp3) is 0.286. The second-order valence-corrected chi connectivity index (χ2v) is 9.88. The van der Waals surface area contributed by atoms with Crippen LogP contribution in [-0.2, 0) is 13.1 Å². The van der Waals surface area contributed by atoms with Crippen molar-refractivity contribution in [3.8, 4) is 23.0 Å². The number of aromatic hydroxyl groups is 1. The molecule has 4 aliphatic rings. The summed E-state index contributed by atoms with van der Waals surface area (Å²) in [6.45, 7) is 2.94. The molecule has 3 aromatic rings. The largest absolute Gasteiger partial charge is 0.507 e. The SMILES string of the molecule is O=C1/C(=C/c2ccc3c(c2)OCO3)Oc2c1ccc(O)c2CN1C[C@H]2C[C@@H](C1)c1cccc(=O)n1C2. The summed E-state index contributed by atoms with van der Waals surface area (Å²) >= 11 is 0. The van der Waals surface area contributed by atoms with Crippen LogP contribution in [0.1, 0.15) is 39.5 Å². The van der Waals surface area contributed by atoms with Gasteiger partial charge in [-0.05, 0) is 54.3 Å². The first-order chi connectivity index (χ1) is 17.5. The van der Waals surface area contributed by atoms with Gasteiger partial charge in [0.1, 0.15) is 11.5 Å². The Morgan fingerprint density at radius 3 is 2.81 bits per heavy atom. The second-order valence-electron chi connectivity index (χ2n) is 9.88. The Balaban J connectivity index is 1.17. The lowest BCUT2D eigenvalue weighted by molar-refractivity contribution is 0.101. The van der Waals surface area contributed by atoms with Gasteiger partial charge in [-0.2, -0.15) is 0 Å². The Hall–Kier alpha value is -4.04. The molecular weight excluding hydrogens is 460 g/mol. The lowest BCUT2D eigenvalue weighted by Gasteiger charge is -2.42. The molecule has 1 N–H and O–H groups in total. The molecule has 0 amide bonds. The van der Waals surface area contributed by atoms with Crippen molar-refractivity contribution in [3.05, 3.63) is 87.0 Å². The van der Waals surface area contributed by atoms with E-state index in [1.54, 1.807) is 30.3 Å². The van der Waals surface area contributed by atoms with Crippen LogP contribution in [0.3, 0.4) is 0 Å². The number of fused-ring (bicyclic) bond motifs is 6. The quantitative estimate of drug-likeness (QED) is 0.569. The minimum absolute atomic E-state index is 0.0582. The summed E-state index contributed by atoms with van der Waals surface area (Å²) in [5.41, 5.74) is 2.96. The molecule has 5 heterocycles. The minimum Gasteiger partial charge on any atom is -0.507 e. The Morgan fingerprint density at radius 2 is 1.89 bits per heavy atom. The molecule has 8 nitrogen and oxygen atoms in total. The van der Waals surface area contributed by atoms with Crippen LogP contribution in [0.15, 0.2) is 59.1 Å². The highest BCUT2D eigenvalue weighted by atomic mass is 16.7. The molecule has 182 valence electrons. The Morgan fingerprint density at radius 1 is 1.00 bits per heavy atom. The van der Waals surface area contributed by atoms with Crippen molar-refractivity contribution in [3.63, 3.8) is 0 Å². The number of ether oxygens (including phenoxy) is 3. The molecule has 1 aromatic heterocycles. The van der Waals surface area contributed by atoms with Crippen molar-refractivity contribution in [2.24, 2.45) is 5.92 Å². The summed E-state index contributed by atoms with van der Waals surface area (Å²) in [7, 11) is 0. The fourth-order valence-corrected chi connectivity index (χ4v) is 5.95. The van der Waals surface area contributed by atoms with Crippen LogP contribution in [0, 0.1) is 5.92 Å². The van der Waals surface area contributed by atoms with Gasteiger partial charge in [0.05, 0.1) is 11.1 Å². The third-order valence-electron chi connectivity index (χ3n) is 7.55. The number of rotatable bonds is 3. The van der Waals surface area contributed by atoms with E-state index in [1.165, 1.54) is 0 Å². The summed E-state index contributed by atoms with van der Waals surface area (Å²) in [6, 6.07) is 14.1. The number of Topliss-reactive ketones (excluding diaryl/α,β-unsaturated/α-hetero) is 1. The number of pyridine rings is 1. The van der Waals surface area contributed by atoms with E-state index in [-0.39, 0.29) is 35.6 Å². The molecule has 0 aliphatic carbocycles. The molecule has 0 spiro atoms. The van der Waals surface area contributed by atoms with Gasteiger partial charge < -0.3 is 23.9 Å². The molecule has 1 saturated heterocycles. The monoisotopic (exact) mass is 484 g/mol. The van der Waals surface area contributed by atoms with E-state index in [0.29, 0.717) is 47.4 Å². The van der Waals surface area contributed by atoms with Gasteiger partial charge in [-0.25, -0.2) is 0 Å². The van der Waals surface area contributed by atoms with Gasteiger partial charge in [0.15, 0.2) is 17.3 Å². The zero-order chi connectivity index (χ0) is 24.4. The van der Waals surface area contributed by atoms with Crippen LogP contribution in [0.2, 0.25) is 0 Å². The smallest absolute Gasteiger partial charge is 0.250 e. The topological polar surface area (TPSA) is 90.2 Å². The number of phenolic OH excluding ortho intramolecular Hbond substituents is 1. The average Bonchev–Trinajstić information content (AvgIpc) is 3.46. The first-order valence-corrected chi connectivity index (χ1v) is 12.1. The molecule has 2 aromatic carbocycles. The van der Waals surface area contributed by atoms with Crippen LogP contribution >= 0.6 is 0 Å². The van der Waals surface area contributed by atoms with E-state index in [2.05, 4.69) is 4.90 Å². The van der Waals surface area contributed by atoms with Crippen molar-refractivity contribution in [1.29, 1.82) is 0 Å². The highest BCUT2D eigenvalue weighted by Gasteiger charge is 2.37. The number of nitrogens with zero attached hydrogens (tertiary/aromatic N) is 2. The highest BCUT2D eigenvalue weighted by molar-refractivity contribution is 6.15. The maximum atomic E-state index is 13.1. The molecule has 2 bridgehead atoms. The van der Waals surface area contributed by atoms with Crippen molar-refractivity contribution < 1.29 is 24.1 Å². The van der Waals surface area contributed by atoms with E-state index >= 15 is 0 Å². The van der Waals surface area contributed by atoms with Crippen molar-refractivity contribution >= 4 is 11.9 Å². The molecule has 2 atom stereocenters. The number of hydrogen-bond acceptors (Lipinski definition) is 7. The van der Waals surface area contributed by atoms with Gasteiger partial charge in [-0.1, -0.05) is 12.1 Å². The molecule has 0 radical (unpaired) electrons. The predicted molar refractivity (Wildman–Crippen MR) is 130 cm³/mol. The maximum Gasteiger partial charge on any atom is 0.250 e. The van der Waals surface area contributed by atoms with Gasteiger partial charge in [-0.15, -0.1) is 0 Å². The summed E-state index contributed by atoms with van der Waals surface area (Å²) < 4.78 is 18.8. The van der Waals surface area contributed by atoms with Gasteiger partial charge >= 0.3 is 0 Å². The van der Waals surface area contributed by atoms with Crippen molar-refractivity contribution in [2.45, 2.75) is 25.4 Å². The standard InChI is InChI=1S/C28H24N2O6/c31-22-6-5-19-27(33)25(10-16-4-7-23-24(9-16)35-15-34-23)36-28(19)20(22)14-29-11-17-8-18(13-29)21-2-1-3-26(32)30(21)12-17/h1-7,9-10,17-18,31H,8,11-15H2/b25-10-/t17-,18+/m1/s1. The van der Waals surface area contributed by atoms with E-state index in [9.17, 15) is 14.7 Å². The number of carbonyl (C=O) groups is 1. The average molecular weight is 485 g/mol. The van der Waals surface area contributed by atoms with Gasteiger partial charge in [-0.3, -0.25) is 14.5 Å². The highest BCUT2D eigenvalue weighted by Crippen LogP contribution is 2.42. The third-order valence-corrected chi connectivity index (χ3v) is 7.55. The van der Waals surface area contributed by atoms with Crippen LogP contribution < -0.4 is 19.8 Å². The first-order valence-electron chi connectivity index (χ1n) is 12.1. The van der Waals surface area contributed by atoms with Crippen LogP contribution in [-0.4, -0.2) is 40.2 Å². The molecule has 0 unspecified atom stereocenters. The normalized spacial score (nSPS) is 22.9. The summed E-state index contributed by atoms with van der Waals surface area (Å²) in [5, 5.41) is 10.8. The van der Waals surface area contributed by atoms with Crippen molar-refractivity contribution in [2.75, 3.05) is 19.9 Å². The number of benzene rings is 2. The number of ketones is 1. The third kappa shape index (κ3) is 3.40. The summed E-state index contributed by atoms with van der Waals surface area (Å²) in [6.07, 6.45) is 2.74. The van der Waals surface area contributed by atoms with E-state index < -0.39 is 0 Å². The van der Waals surface area contributed by atoms with E-state index in [0.717, 1.165) is 30.8 Å². The number of likely N-dealkylation sites (tertiary alicyclic amines) is 1. The fourth-order valence-electron chi connectivity index (χ4n) is 5.95. The van der Waals surface area contributed by atoms with E-state index in [4.69, 9.17) is 14.2 Å². The second kappa shape index (κ2) is 7.99. The molecule has 4 aliphatic heterocycles. The Bertz CT molecular complexity index is 1510. The lowest BCUT2D eigenvalue weighted by atomic mass is 9.83. The van der Waals surface area contributed by atoms with Gasteiger partial charge in [0, 0.05) is 43.9 Å². The van der Waals surface area contributed by atoms with Crippen LogP contribution in [0.25, 0.3) is 6.08 Å². The predicted octanol–water partition coefficient (Wildman–Crippen LogP) is 3.52. The van der Waals surface area contributed by atoms with Gasteiger partial charge in [0.25, 0.3) is 5.56 Å². The van der Waals surface area contributed by atoms with Crippen LogP contribution in [0.4, 0.5) is 0 Å². The Labute approximate surface area is 206 Å². The number of aromatic nitrogens is 1. The number of allylic oxidation sites excluding steroid dienone is 1.